The lowest BCUT2D eigenvalue weighted by Gasteiger charge is -2.04. The molecule has 0 saturated carbocycles. The molecule has 5 nitrogen and oxygen atoms in total. The highest BCUT2D eigenvalue weighted by atomic mass is 16.5. The Morgan fingerprint density at radius 1 is 1.36 bits per heavy atom. The highest BCUT2D eigenvalue weighted by Gasteiger charge is 2.13. The lowest BCUT2D eigenvalue weighted by molar-refractivity contribution is -0.103. The Kier molecular flexibility index (Phi) is 2.62. The number of amidine groups is 1. The summed E-state index contributed by atoms with van der Waals surface area (Å²) in [6.45, 7) is 0.565. The van der Waals surface area contributed by atoms with Crippen LogP contribution in [-0.2, 0) is 0 Å². The molecule has 0 unspecified atom stereocenters. The molecule has 2 rings (SSSR count). The number of hydrazine groups is 1. The third-order valence-electron chi connectivity index (χ3n) is 1.91. The van der Waals surface area contributed by atoms with E-state index in [1.165, 1.54) is 0 Å². The van der Waals surface area contributed by atoms with E-state index in [9.17, 15) is 0 Å². The molecule has 74 valence electrons. The van der Waals surface area contributed by atoms with Gasteiger partial charge in [-0.15, -0.1) is 5.17 Å². The van der Waals surface area contributed by atoms with Crippen LogP contribution in [0.2, 0.25) is 0 Å². The van der Waals surface area contributed by atoms with Crippen molar-refractivity contribution >= 4 is 11.5 Å². The van der Waals surface area contributed by atoms with E-state index < -0.39 is 0 Å². The summed E-state index contributed by atoms with van der Waals surface area (Å²) < 4.78 is 0. The average Bonchev–Trinajstić information content (AvgIpc) is 2.63. The highest BCUT2D eigenvalue weighted by molar-refractivity contribution is 5.83. The molecule has 0 amide bonds. The molecule has 0 aromatic heterocycles. The van der Waals surface area contributed by atoms with Crippen molar-refractivity contribution in [3.8, 4) is 0 Å². The standard InChI is InChI=1S/C9H12N4O/c14-13-7-6-9(12-13)11-10-8-4-2-1-3-5-8/h1-5,10,14H,6-7H2,(H,11,12). The molecule has 1 aromatic rings. The van der Waals surface area contributed by atoms with Gasteiger partial charge in [0.2, 0.25) is 0 Å². The van der Waals surface area contributed by atoms with Crippen molar-refractivity contribution in [1.29, 1.82) is 0 Å². The zero-order valence-corrected chi connectivity index (χ0v) is 7.64. The summed E-state index contributed by atoms with van der Waals surface area (Å²) in [7, 11) is 0. The highest BCUT2D eigenvalue weighted by Crippen LogP contribution is 2.05. The number of anilines is 1. The van der Waals surface area contributed by atoms with Gasteiger partial charge in [-0.05, 0) is 12.1 Å². The predicted octanol–water partition coefficient (Wildman–Crippen LogP) is 1.01. The van der Waals surface area contributed by atoms with Gasteiger partial charge in [-0.1, -0.05) is 18.2 Å². The number of hydrazone groups is 1. The lowest BCUT2D eigenvalue weighted by atomic mass is 10.3. The maximum atomic E-state index is 9.01. The van der Waals surface area contributed by atoms with Gasteiger partial charge in [-0.25, -0.2) is 0 Å². The predicted molar refractivity (Wildman–Crippen MR) is 53.7 cm³/mol. The van der Waals surface area contributed by atoms with E-state index in [2.05, 4.69) is 16.0 Å². The summed E-state index contributed by atoms with van der Waals surface area (Å²) in [5, 5.41) is 14.1. The zero-order valence-electron chi connectivity index (χ0n) is 7.64. The van der Waals surface area contributed by atoms with Crippen LogP contribution < -0.4 is 10.9 Å². The number of para-hydroxylation sites is 1. The maximum Gasteiger partial charge on any atom is 0.140 e. The van der Waals surface area contributed by atoms with E-state index >= 15 is 0 Å². The summed E-state index contributed by atoms with van der Waals surface area (Å²) in [5.41, 5.74) is 6.52. The van der Waals surface area contributed by atoms with E-state index in [0.717, 1.165) is 23.1 Å². The molecule has 1 saturated heterocycles. The zero-order chi connectivity index (χ0) is 9.80. The minimum Gasteiger partial charge on any atom is -0.295 e. The van der Waals surface area contributed by atoms with E-state index in [-0.39, 0.29) is 0 Å². The summed E-state index contributed by atoms with van der Waals surface area (Å²) in [6.07, 6.45) is 0.719. The summed E-state index contributed by atoms with van der Waals surface area (Å²) in [5.74, 6) is 0.733. The largest absolute Gasteiger partial charge is 0.295 e. The van der Waals surface area contributed by atoms with Gasteiger partial charge in [0, 0.05) is 6.42 Å². The Balaban J connectivity index is 1.94. The van der Waals surface area contributed by atoms with E-state index in [4.69, 9.17) is 5.21 Å². The van der Waals surface area contributed by atoms with E-state index in [1.807, 2.05) is 30.3 Å². The molecule has 1 fully saturated rings. The number of nitrogens with zero attached hydrogens (tertiary/aromatic N) is 2. The quantitative estimate of drug-likeness (QED) is 0.612. The lowest BCUT2D eigenvalue weighted by Crippen LogP contribution is -2.30. The molecular formula is C9H12N4O. The second-order valence-electron chi connectivity index (χ2n) is 3.02. The summed E-state index contributed by atoms with van der Waals surface area (Å²) in [4.78, 5) is 0. The molecule has 0 bridgehead atoms. The van der Waals surface area contributed by atoms with Crippen LogP contribution in [0.3, 0.4) is 0 Å². The number of hydrogen-bond acceptors (Lipinski definition) is 4. The van der Waals surface area contributed by atoms with Crippen LogP contribution in [0.25, 0.3) is 0 Å². The molecule has 1 aliphatic heterocycles. The first kappa shape index (κ1) is 8.98. The molecule has 5 heteroatoms. The maximum absolute atomic E-state index is 9.01. The molecule has 1 aromatic carbocycles. The first-order valence-electron chi connectivity index (χ1n) is 4.45. The van der Waals surface area contributed by atoms with Gasteiger partial charge >= 0.3 is 0 Å². The molecule has 0 atom stereocenters. The van der Waals surface area contributed by atoms with Gasteiger partial charge < -0.3 is 0 Å². The Morgan fingerprint density at radius 2 is 2.14 bits per heavy atom. The number of nitrogens with one attached hydrogen (secondary N) is 2. The van der Waals surface area contributed by atoms with Crippen LogP contribution in [0, 0.1) is 0 Å². The molecule has 3 N–H and O–H groups in total. The summed E-state index contributed by atoms with van der Waals surface area (Å²) in [6, 6.07) is 9.67. The van der Waals surface area contributed by atoms with Crippen molar-refractivity contribution in [3.05, 3.63) is 30.3 Å². The first-order chi connectivity index (χ1) is 6.84. The number of benzene rings is 1. The van der Waals surface area contributed by atoms with Crippen molar-refractivity contribution in [3.63, 3.8) is 0 Å². The minimum absolute atomic E-state index is 0.565. The second-order valence-corrected chi connectivity index (χ2v) is 3.02. The third-order valence-corrected chi connectivity index (χ3v) is 1.91. The van der Waals surface area contributed by atoms with Gasteiger partial charge in [0.05, 0.1) is 12.2 Å². The third kappa shape index (κ3) is 2.21. The van der Waals surface area contributed by atoms with Gasteiger partial charge in [-0.3, -0.25) is 16.1 Å². The van der Waals surface area contributed by atoms with Gasteiger partial charge in [0.25, 0.3) is 0 Å². The fourth-order valence-electron chi connectivity index (χ4n) is 1.20. The van der Waals surface area contributed by atoms with Crippen molar-refractivity contribution in [2.75, 3.05) is 12.0 Å². The number of rotatable bonds is 2. The van der Waals surface area contributed by atoms with Crippen molar-refractivity contribution in [2.24, 2.45) is 5.10 Å². The van der Waals surface area contributed by atoms with Crippen molar-refractivity contribution in [2.45, 2.75) is 6.42 Å². The SMILES string of the molecule is ON1CCC(=NNc2ccccc2)N1. The normalized spacial score (nSPS) is 19.6. The van der Waals surface area contributed by atoms with Gasteiger partial charge in [-0.2, -0.15) is 5.10 Å². The topological polar surface area (TPSA) is 59.9 Å². The minimum atomic E-state index is 0.565. The Bertz CT molecular complexity index is 325. The van der Waals surface area contributed by atoms with Crippen LogP contribution in [0.5, 0.6) is 0 Å². The fourth-order valence-corrected chi connectivity index (χ4v) is 1.20. The molecule has 0 aliphatic carbocycles. The Hall–Kier alpha value is -1.59. The Labute approximate surface area is 82.0 Å². The second kappa shape index (κ2) is 4.08. The average molecular weight is 192 g/mol. The molecule has 1 aliphatic rings. The molecule has 0 spiro atoms. The van der Waals surface area contributed by atoms with Gasteiger partial charge in [0.15, 0.2) is 0 Å². The molecule has 1 heterocycles. The fraction of sp³-hybridized carbons (Fsp3) is 0.222. The molecular weight excluding hydrogens is 180 g/mol. The Morgan fingerprint density at radius 3 is 2.79 bits per heavy atom. The van der Waals surface area contributed by atoms with Crippen LogP contribution in [0.15, 0.2) is 35.4 Å². The van der Waals surface area contributed by atoms with Crippen LogP contribution in [-0.4, -0.2) is 22.8 Å². The smallest absolute Gasteiger partial charge is 0.140 e. The van der Waals surface area contributed by atoms with Crippen molar-refractivity contribution in [1.82, 2.24) is 10.6 Å². The van der Waals surface area contributed by atoms with E-state index in [1.54, 1.807) is 0 Å². The van der Waals surface area contributed by atoms with Crippen LogP contribution in [0.4, 0.5) is 5.69 Å². The van der Waals surface area contributed by atoms with Crippen LogP contribution in [0.1, 0.15) is 6.42 Å². The number of hydrogen-bond donors (Lipinski definition) is 3. The van der Waals surface area contributed by atoms with Crippen molar-refractivity contribution < 1.29 is 5.21 Å². The number of hydroxylamine groups is 1. The van der Waals surface area contributed by atoms with Gasteiger partial charge in [0.1, 0.15) is 5.84 Å². The monoisotopic (exact) mass is 192 g/mol. The van der Waals surface area contributed by atoms with E-state index in [0.29, 0.717) is 6.54 Å². The summed E-state index contributed by atoms with van der Waals surface area (Å²) >= 11 is 0. The first-order valence-corrected chi connectivity index (χ1v) is 4.45. The van der Waals surface area contributed by atoms with Crippen LogP contribution >= 0.6 is 0 Å². The molecule has 0 radical (unpaired) electrons. The molecule has 14 heavy (non-hydrogen) atoms.